The average molecular weight is 300 g/mol. The summed E-state index contributed by atoms with van der Waals surface area (Å²) in [5, 5.41) is 2.79. The molecule has 0 fully saturated rings. The molecule has 1 amide bonds. The summed E-state index contributed by atoms with van der Waals surface area (Å²) >= 11 is 0. The third-order valence-corrected chi connectivity index (χ3v) is 3.24. The average Bonchev–Trinajstić information content (AvgIpc) is 2.54. The molecule has 0 saturated carbocycles. The summed E-state index contributed by atoms with van der Waals surface area (Å²) in [5.41, 5.74) is 0.400. The zero-order valence-corrected chi connectivity index (χ0v) is 12.8. The molecule has 22 heavy (non-hydrogen) atoms. The summed E-state index contributed by atoms with van der Waals surface area (Å²) in [6.07, 6.45) is 2.41. The molecule has 0 aliphatic rings. The number of para-hydroxylation sites is 1. The molecule has 1 heterocycles. The Hall–Kier alpha value is -2.56. The van der Waals surface area contributed by atoms with Crippen LogP contribution in [0.5, 0.6) is 5.75 Å². The van der Waals surface area contributed by atoms with Crippen LogP contribution in [-0.2, 0) is 4.79 Å². The molecule has 1 aromatic carbocycles. The predicted octanol–water partition coefficient (Wildman–Crippen LogP) is 2.84. The van der Waals surface area contributed by atoms with Crippen LogP contribution in [0.4, 0.5) is 5.69 Å². The van der Waals surface area contributed by atoms with E-state index in [-0.39, 0.29) is 17.2 Å². The van der Waals surface area contributed by atoms with Crippen LogP contribution in [0.25, 0.3) is 0 Å². The van der Waals surface area contributed by atoms with Gasteiger partial charge in [0.25, 0.3) is 5.56 Å². The summed E-state index contributed by atoms with van der Waals surface area (Å²) in [6.45, 7) is 4.13. The van der Waals surface area contributed by atoms with Gasteiger partial charge in [0, 0.05) is 11.9 Å². The molecule has 5 nitrogen and oxygen atoms in total. The van der Waals surface area contributed by atoms with Crippen molar-refractivity contribution in [3.63, 3.8) is 0 Å². The monoisotopic (exact) mass is 300 g/mol. The van der Waals surface area contributed by atoms with Crippen LogP contribution < -0.4 is 15.6 Å². The molecule has 0 bridgehead atoms. The quantitative estimate of drug-likeness (QED) is 0.892. The molecular weight excluding hydrogens is 280 g/mol. The number of nitrogens with one attached hydrogen (secondary N) is 1. The first-order chi connectivity index (χ1) is 10.6. The number of anilines is 1. The van der Waals surface area contributed by atoms with Crippen molar-refractivity contribution in [1.29, 1.82) is 0 Å². The third-order valence-electron chi connectivity index (χ3n) is 3.24. The number of pyridine rings is 1. The highest BCUT2D eigenvalue weighted by atomic mass is 16.5. The van der Waals surface area contributed by atoms with Gasteiger partial charge >= 0.3 is 0 Å². The van der Waals surface area contributed by atoms with Crippen LogP contribution in [0.2, 0.25) is 0 Å². The smallest absolute Gasteiger partial charge is 0.293 e. The first kappa shape index (κ1) is 15.8. The van der Waals surface area contributed by atoms with Crippen molar-refractivity contribution in [2.24, 2.45) is 0 Å². The standard InChI is InChI=1S/C17H20N2O3/c1-3-12-22-15-10-7-11-19(17(15)21)13(2)16(20)18-14-8-5-4-6-9-14/h4-11,13H,3,12H2,1-2H3,(H,18,20). The van der Waals surface area contributed by atoms with E-state index in [1.54, 1.807) is 37.4 Å². The van der Waals surface area contributed by atoms with Gasteiger partial charge in [-0.15, -0.1) is 0 Å². The number of benzene rings is 1. The largest absolute Gasteiger partial charge is 0.488 e. The first-order valence-electron chi connectivity index (χ1n) is 7.33. The van der Waals surface area contributed by atoms with E-state index in [0.717, 1.165) is 6.42 Å². The van der Waals surface area contributed by atoms with Gasteiger partial charge in [0.15, 0.2) is 5.75 Å². The van der Waals surface area contributed by atoms with Crippen molar-refractivity contribution in [2.45, 2.75) is 26.3 Å². The van der Waals surface area contributed by atoms with Gasteiger partial charge in [0.2, 0.25) is 5.91 Å². The fraction of sp³-hybridized carbons (Fsp3) is 0.294. The van der Waals surface area contributed by atoms with E-state index in [0.29, 0.717) is 12.3 Å². The molecule has 1 atom stereocenters. The van der Waals surface area contributed by atoms with Gasteiger partial charge in [-0.3, -0.25) is 9.59 Å². The molecule has 1 unspecified atom stereocenters. The Morgan fingerprint density at radius 2 is 1.95 bits per heavy atom. The van der Waals surface area contributed by atoms with Gasteiger partial charge in [-0.05, 0) is 37.6 Å². The molecule has 0 spiro atoms. The Kier molecular flexibility index (Phi) is 5.36. The van der Waals surface area contributed by atoms with Crippen LogP contribution in [0.1, 0.15) is 26.3 Å². The molecule has 1 aromatic heterocycles. The molecule has 0 aliphatic heterocycles. The molecule has 0 aliphatic carbocycles. The lowest BCUT2D eigenvalue weighted by Crippen LogP contribution is -2.31. The topological polar surface area (TPSA) is 60.3 Å². The van der Waals surface area contributed by atoms with Crippen molar-refractivity contribution in [1.82, 2.24) is 4.57 Å². The molecule has 2 rings (SSSR count). The van der Waals surface area contributed by atoms with Crippen molar-refractivity contribution in [3.05, 3.63) is 59.0 Å². The lowest BCUT2D eigenvalue weighted by molar-refractivity contribution is -0.118. The zero-order chi connectivity index (χ0) is 15.9. The lowest BCUT2D eigenvalue weighted by atomic mass is 10.2. The second-order valence-electron chi connectivity index (χ2n) is 4.96. The zero-order valence-electron chi connectivity index (χ0n) is 12.8. The number of rotatable bonds is 6. The van der Waals surface area contributed by atoms with Crippen molar-refractivity contribution in [3.8, 4) is 5.75 Å². The fourth-order valence-electron chi connectivity index (χ4n) is 2.01. The van der Waals surface area contributed by atoms with Crippen LogP contribution in [0.3, 0.4) is 0 Å². The number of hydrogen-bond acceptors (Lipinski definition) is 3. The maximum atomic E-state index is 12.3. The Bertz CT molecular complexity index is 680. The number of carbonyl (C=O) groups excluding carboxylic acids is 1. The summed E-state index contributed by atoms with van der Waals surface area (Å²) in [7, 11) is 0. The third kappa shape index (κ3) is 3.75. The van der Waals surface area contributed by atoms with E-state index < -0.39 is 6.04 Å². The van der Waals surface area contributed by atoms with E-state index in [1.165, 1.54) is 4.57 Å². The number of hydrogen-bond donors (Lipinski definition) is 1. The number of nitrogens with zero attached hydrogens (tertiary/aromatic N) is 1. The highest BCUT2D eigenvalue weighted by Crippen LogP contribution is 2.12. The van der Waals surface area contributed by atoms with Gasteiger partial charge in [0.05, 0.1) is 6.61 Å². The van der Waals surface area contributed by atoms with Gasteiger partial charge < -0.3 is 14.6 Å². The second kappa shape index (κ2) is 7.45. The molecule has 0 radical (unpaired) electrons. The minimum atomic E-state index is -0.627. The predicted molar refractivity (Wildman–Crippen MR) is 86.3 cm³/mol. The van der Waals surface area contributed by atoms with Gasteiger partial charge in [-0.2, -0.15) is 0 Å². The summed E-state index contributed by atoms with van der Waals surface area (Å²) < 4.78 is 6.79. The molecule has 0 saturated heterocycles. The van der Waals surface area contributed by atoms with Gasteiger partial charge in [0.1, 0.15) is 6.04 Å². The molecule has 1 N–H and O–H groups in total. The van der Waals surface area contributed by atoms with E-state index in [2.05, 4.69) is 5.32 Å². The molecule has 116 valence electrons. The highest BCUT2D eigenvalue weighted by molar-refractivity contribution is 5.93. The van der Waals surface area contributed by atoms with Crippen molar-refractivity contribution >= 4 is 11.6 Å². The Morgan fingerprint density at radius 3 is 2.64 bits per heavy atom. The Balaban J connectivity index is 2.16. The van der Waals surface area contributed by atoms with E-state index in [1.807, 2.05) is 25.1 Å². The number of carbonyl (C=O) groups is 1. The van der Waals surface area contributed by atoms with E-state index >= 15 is 0 Å². The van der Waals surface area contributed by atoms with Crippen LogP contribution >= 0.6 is 0 Å². The van der Waals surface area contributed by atoms with Gasteiger partial charge in [-0.1, -0.05) is 25.1 Å². The summed E-state index contributed by atoms with van der Waals surface area (Å²) in [4.78, 5) is 24.6. The minimum absolute atomic E-state index is 0.249. The number of ether oxygens (including phenoxy) is 1. The maximum absolute atomic E-state index is 12.3. The Morgan fingerprint density at radius 1 is 1.23 bits per heavy atom. The fourth-order valence-corrected chi connectivity index (χ4v) is 2.01. The number of aromatic nitrogens is 1. The SMILES string of the molecule is CCCOc1cccn(C(C)C(=O)Nc2ccccc2)c1=O. The van der Waals surface area contributed by atoms with Crippen LogP contribution in [0.15, 0.2) is 53.5 Å². The molecule has 2 aromatic rings. The first-order valence-corrected chi connectivity index (χ1v) is 7.33. The summed E-state index contributed by atoms with van der Waals surface area (Å²) in [6, 6.07) is 11.9. The Labute approximate surface area is 129 Å². The second-order valence-corrected chi connectivity index (χ2v) is 4.96. The van der Waals surface area contributed by atoms with Crippen LogP contribution in [0, 0.1) is 0 Å². The molecular formula is C17H20N2O3. The van der Waals surface area contributed by atoms with E-state index in [4.69, 9.17) is 4.74 Å². The van der Waals surface area contributed by atoms with Crippen molar-refractivity contribution < 1.29 is 9.53 Å². The van der Waals surface area contributed by atoms with Crippen LogP contribution in [-0.4, -0.2) is 17.1 Å². The van der Waals surface area contributed by atoms with Gasteiger partial charge in [-0.25, -0.2) is 0 Å². The van der Waals surface area contributed by atoms with E-state index in [9.17, 15) is 9.59 Å². The highest BCUT2D eigenvalue weighted by Gasteiger charge is 2.17. The minimum Gasteiger partial charge on any atom is -0.488 e. The number of amides is 1. The van der Waals surface area contributed by atoms with Crippen molar-refractivity contribution in [2.75, 3.05) is 11.9 Å². The normalized spacial score (nSPS) is 11.7. The molecule has 5 heteroatoms. The lowest BCUT2D eigenvalue weighted by Gasteiger charge is -2.16. The maximum Gasteiger partial charge on any atom is 0.293 e. The summed E-state index contributed by atoms with van der Waals surface area (Å²) in [5.74, 6) is 0.0182.